The Bertz CT molecular complexity index is 1050. The summed E-state index contributed by atoms with van der Waals surface area (Å²) in [5.74, 6) is 0.00241. The molecule has 2 aromatic carbocycles. The van der Waals surface area contributed by atoms with Crippen LogP contribution in [0.3, 0.4) is 0 Å². The highest BCUT2D eigenvalue weighted by Gasteiger charge is 2.28. The summed E-state index contributed by atoms with van der Waals surface area (Å²) in [6, 6.07) is 18.3. The summed E-state index contributed by atoms with van der Waals surface area (Å²) in [4.78, 5) is 27.7. The maximum Gasteiger partial charge on any atom is 0.328 e. The Morgan fingerprint density at radius 1 is 1.07 bits per heavy atom. The number of aliphatic carboxylic acids is 1. The summed E-state index contributed by atoms with van der Waals surface area (Å²) in [6.45, 7) is 16.4. The van der Waals surface area contributed by atoms with Crippen molar-refractivity contribution in [2.45, 2.75) is 85.3 Å². The number of hydrogen-bond acceptors (Lipinski definition) is 4. The highest BCUT2D eigenvalue weighted by Crippen LogP contribution is 2.25. The van der Waals surface area contributed by atoms with E-state index in [0.717, 1.165) is 69.1 Å². The van der Waals surface area contributed by atoms with Gasteiger partial charge in [-0.3, -0.25) is 4.79 Å². The molecule has 1 aliphatic rings. The molecule has 0 radical (unpaired) electrons. The monoisotopic (exact) mass is 550 g/mol. The molecule has 0 spiro atoms. The molecule has 0 atom stereocenters. The number of amides is 1. The maximum absolute atomic E-state index is 12.6. The number of likely N-dealkylation sites (tertiary alicyclic amines) is 1. The number of carboxylic acids is 1. The zero-order valence-electron chi connectivity index (χ0n) is 25.4. The average molecular weight is 551 g/mol. The van der Waals surface area contributed by atoms with Crippen LogP contribution in [0.5, 0.6) is 0 Å². The number of para-hydroxylation sites is 1. The number of ether oxygens (including phenoxy) is 1. The third-order valence-electron chi connectivity index (χ3n) is 6.84. The first-order chi connectivity index (χ1) is 19.0. The van der Waals surface area contributed by atoms with Crippen molar-refractivity contribution in [1.29, 1.82) is 0 Å². The molecule has 220 valence electrons. The van der Waals surface area contributed by atoms with Crippen molar-refractivity contribution < 1.29 is 19.4 Å². The van der Waals surface area contributed by atoms with Gasteiger partial charge in [0.25, 0.3) is 0 Å². The zero-order valence-corrected chi connectivity index (χ0v) is 25.4. The smallest absolute Gasteiger partial charge is 0.328 e. The van der Waals surface area contributed by atoms with E-state index in [2.05, 4.69) is 45.6 Å². The molecule has 0 unspecified atom stereocenters. The first kappa shape index (κ1) is 33.2. The Morgan fingerprint density at radius 2 is 1.75 bits per heavy atom. The molecule has 0 saturated carbocycles. The number of carboxylic acid groups (broad SMARTS) is 1. The van der Waals surface area contributed by atoms with E-state index >= 15 is 0 Å². The van der Waals surface area contributed by atoms with Crippen LogP contribution in [0.25, 0.3) is 6.08 Å². The van der Waals surface area contributed by atoms with Crippen molar-refractivity contribution in [2.75, 3.05) is 31.1 Å². The fourth-order valence-corrected chi connectivity index (χ4v) is 4.63. The lowest BCUT2D eigenvalue weighted by molar-refractivity contribution is -0.131. The third kappa shape index (κ3) is 12.9. The van der Waals surface area contributed by atoms with E-state index in [1.165, 1.54) is 11.6 Å². The number of carbonyl (C=O) groups is 2. The fraction of sp³-hybridized carbons (Fsp3) is 0.529. The number of hydrogen-bond donors (Lipinski definition) is 1. The van der Waals surface area contributed by atoms with Gasteiger partial charge in [0.15, 0.2) is 0 Å². The molecule has 1 aliphatic heterocycles. The van der Waals surface area contributed by atoms with Crippen molar-refractivity contribution in [3.63, 3.8) is 0 Å². The molecule has 1 amide bonds. The third-order valence-corrected chi connectivity index (χ3v) is 6.84. The Kier molecular flexibility index (Phi) is 14.1. The second kappa shape index (κ2) is 17.0. The Balaban J connectivity index is 0.000000478. The van der Waals surface area contributed by atoms with E-state index in [1.54, 1.807) is 6.08 Å². The topological polar surface area (TPSA) is 70.1 Å². The molecular weight excluding hydrogens is 500 g/mol. The van der Waals surface area contributed by atoms with E-state index in [1.807, 2.05) is 60.4 Å². The van der Waals surface area contributed by atoms with Crippen LogP contribution >= 0.6 is 0 Å². The van der Waals surface area contributed by atoms with Gasteiger partial charge in [0.05, 0.1) is 5.60 Å². The van der Waals surface area contributed by atoms with E-state index in [-0.39, 0.29) is 17.6 Å². The van der Waals surface area contributed by atoms with E-state index < -0.39 is 5.97 Å². The molecule has 0 bridgehead atoms. The largest absolute Gasteiger partial charge is 0.478 e. The van der Waals surface area contributed by atoms with Crippen molar-refractivity contribution in [1.82, 2.24) is 4.90 Å². The van der Waals surface area contributed by atoms with Crippen molar-refractivity contribution in [2.24, 2.45) is 5.92 Å². The van der Waals surface area contributed by atoms with Crippen LogP contribution in [0.2, 0.25) is 0 Å². The minimum Gasteiger partial charge on any atom is -0.478 e. The van der Waals surface area contributed by atoms with Gasteiger partial charge in [-0.15, -0.1) is 0 Å². The highest BCUT2D eigenvalue weighted by molar-refractivity contribution is 5.93. The summed E-state index contributed by atoms with van der Waals surface area (Å²) < 4.78 is 5.54. The van der Waals surface area contributed by atoms with Crippen LogP contribution in [0.15, 0.2) is 60.7 Å². The predicted octanol–water partition coefficient (Wildman–Crippen LogP) is 7.08. The minimum atomic E-state index is -0.936. The highest BCUT2D eigenvalue weighted by atomic mass is 16.5. The normalized spacial score (nSPS) is 14.7. The lowest BCUT2D eigenvalue weighted by Crippen LogP contribution is -2.47. The van der Waals surface area contributed by atoms with Gasteiger partial charge in [-0.25, -0.2) is 4.79 Å². The first-order valence-electron chi connectivity index (χ1n) is 14.7. The Morgan fingerprint density at radius 3 is 2.33 bits per heavy atom. The molecule has 0 aliphatic carbocycles. The second-order valence-electron chi connectivity index (χ2n) is 11.8. The van der Waals surface area contributed by atoms with Gasteiger partial charge in [-0.1, -0.05) is 63.2 Å². The van der Waals surface area contributed by atoms with E-state index in [0.29, 0.717) is 6.42 Å². The van der Waals surface area contributed by atoms with Crippen LogP contribution < -0.4 is 4.90 Å². The first-order valence-corrected chi connectivity index (χ1v) is 14.7. The van der Waals surface area contributed by atoms with E-state index in [4.69, 9.17) is 9.84 Å². The van der Waals surface area contributed by atoms with E-state index in [9.17, 15) is 9.59 Å². The van der Waals surface area contributed by atoms with Crippen molar-refractivity contribution in [3.8, 4) is 0 Å². The van der Waals surface area contributed by atoms with Crippen LogP contribution in [-0.2, 0) is 20.7 Å². The summed E-state index contributed by atoms with van der Waals surface area (Å²) in [5, 5.41) is 8.78. The molecule has 2 aromatic rings. The van der Waals surface area contributed by atoms with Crippen molar-refractivity contribution in [3.05, 3.63) is 71.8 Å². The van der Waals surface area contributed by atoms with Gasteiger partial charge in [0.2, 0.25) is 5.91 Å². The number of anilines is 1. The molecule has 3 rings (SSSR count). The van der Waals surface area contributed by atoms with Crippen molar-refractivity contribution >= 4 is 23.6 Å². The van der Waals surface area contributed by atoms with Gasteiger partial charge in [0.1, 0.15) is 0 Å². The summed E-state index contributed by atoms with van der Waals surface area (Å²) >= 11 is 0. The Labute approximate surface area is 242 Å². The van der Waals surface area contributed by atoms with Crippen LogP contribution in [0.4, 0.5) is 5.69 Å². The summed E-state index contributed by atoms with van der Waals surface area (Å²) in [5.41, 5.74) is 3.14. The van der Waals surface area contributed by atoms with Gasteiger partial charge >= 0.3 is 5.97 Å². The van der Waals surface area contributed by atoms with Crippen LogP contribution in [0, 0.1) is 5.92 Å². The lowest BCUT2D eigenvalue weighted by atomic mass is 10.0. The SMILES string of the molecule is CC(C)CCOC(C)(C)C.CCC(=O)N(c1ccccc1)C1CCN(CCc2cccc(/C=C/C(=O)O)c2)CC1. The predicted molar refractivity (Wildman–Crippen MR) is 166 cm³/mol. The van der Waals surface area contributed by atoms with Gasteiger partial charge in [-0.05, 0) is 81.7 Å². The molecule has 40 heavy (non-hydrogen) atoms. The molecule has 1 N–H and O–H groups in total. The molecule has 1 saturated heterocycles. The molecule has 6 nitrogen and oxygen atoms in total. The standard InChI is InChI=1S/C25H30N2O3.C9H20O/c1-2-24(28)27(22-9-4-3-5-10-22)23-14-17-26(18-15-23)16-13-21-8-6-7-20(19-21)11-12-25(29)30;1-8(2)6-7-10-9(3,4)5/h3-12,19,23H,2,13-18H2,1H3,(H,29,30);8H,6-7H2,1-5H3/b12-11+;. The second-order valence-corrected chi connectivity index (χ2v) is 11.8. The molecule has 1 heterocycles. The van der Waals surface area contributed by atoms with Gasteiger partial charge in [-0.2, -0.15) is 0 Å². The molecule has 1 fully saturated rings. The lowest BCUT2D eigenvalue weighted by Gasteiger charge is -2.38. The van der Waals surface area contributed by atoms with Gasteiger partial charge in [0, 0.05) is 50.5 Å². The number of benzene rings is 2. The average Bonchev–Trinajstić information content (AvgIpc) is 2.92. The molecule has 0 aromatic heterocycles. The zero-order chi connectivity index (χ0) is 29.5. The molecule has 6 heteroatoms. The number of rotatable bonds is 11. The number of carbonyl (C=O) groups excluding carboxylic acids is 1. The maximum atomic E-state index is 12.6. The number of nitrogens with zero attached hydrogens (tertiary/aromatic N) is 2. The summed E-state index contributed by atoms with van der Waals surface area (Å²) in [6.07, 6.45) is 7.35. The molecular formula is C34H50N2O4. The fourth-order valence-electron chi connectivity index (χ4n) is 4.63. The minimum absolute atomic E-state index is 0.0366. The van der Waals surface area contributed by atoms with Crippen LogP contribution in [-0.4, -0.2) is 59.8 Å². The van der Waals surface area contributed by atoms with Gasteiger partial charge < -0.3 is 19.6 Å². The van der Waals surface area contributed by atoms with Crippen LogP contribution in [0.1, 0.15) is 78.4 Å². The number of piperidine rings is 1. The summed E-state index contributed by atoms with van der Waals surface area (Å²) in [7, 11) is 0. The quantitative estimate of drug-likeness (QED) is 0.303. The Hall–Kier alpha value is -2.96.